The summed E-state index contributed by atoms with van der Waals surface area (Å²) in [6.45, 7) is 1.03. The van der Waals surface area contributed by atoms with E-state index in [0.29, 0.717) is 13.1 Å². The summed E-state index contributed by atoms with van der Waals surface area (Å²) >= 11 is 0. The fourth-order valence-electron chi connectivity index (χ4n) is 5.35. The van der Waals surface area contributed by atoms with Crippen molar-refractivity contribution < 1.29 is 13.5 Å². The van der Waals surface area contributed by atoms with Crippen LogP contribution < -0.4 is 0 Å². The molecule has 0 amide bonds. The van der Waals surface area contributed by atoms with Gasteiger partial charge in [-0.15, -0.1) is 0 Å². The van der Waals surface area contributed by atoms with Gasteiger partial charge < -0.3 is 9.67 Å². The molecular formula is C19H23N3O3S. The summed E-state index contributed by atoms with van der Waals surface area (Å²) in [6.07, 6.45) is 7.03. The van der Waals surface area contributed by atoms with Gasteiger partial charge in [0.05, 0.1) is 36.6 Å². The Morgan fingerprint density at radius 2 is 1.96 bits per heavy atom. The van der Waals surface area contributed by atoms with Gasteiger partial charge in [-0.3, -0.25) is 0 Å². The van der Waals surface area contributed by atoms with Gasteiger partial charge in [0.15, 0.2) is 0 Å². The molecule has 3 heterocycles. The maximum Gasteiger partial charge on any atom is 0.211 e. The highest BCUT2D eigenvalue weighted by atomic mass is 32.2. The second-order valence-electron chi connectivity index (χ2n) is 8.06. The highest BCUT2D eigenvalue weighted by Crippen LogP contribution is 2.59. The first kappa shape index (κ1) is 16.5. The van der Waals surface area contributed by atoms with Crippen LogP contribution in [0, 0.1) is 11.3 Å². The van der Waals surface area contributed by atoms with Crippen molar-refractivity contribution in [1.82, 2.24) is 13.9 Å². The second kappa shape index (κ2) is 5.41. The van der Waals surface area contributed by atoms with Crippen molar-refractivity contribution in [2.24, 2.45) is 11.3 Å². The minimum absolute atomic E-state index is 0.122. The van der Waals surface area contributed by atoms with Crippen molar-refractivity contribution in [2.45, 2.75) is 31.4 Å². The lowest BCUT2D eigenvalue weighted by molar-refractivity contribution is -0.152. The van der Waals surface area contributed by atoms with E-state index < -0.39 is 16.1 Å². The zero-order chi connectivity index (χ0) is 18.1. The zero-order valence-electron chi connectivity index (χ0n) is 14.7. The maximum absolute atomic E-state index is 11.8. The number of hydrogen-bond acceptors (Lipinski definition) is 4. The molecule has 1 spiro atoms. The quantitative estimate of drug-likeness (QED) is 0.872. The van der Waals surface area contributed by atoms with E-state index in [0.717, 1.165) is 25.0 Å². The first-order valence-electron chi connectivity index (χ1n) is 9.15. The molecule has 1 aliphatic carbocycles. The van der Waals surface area contributed by atoms with Crippen LogP contribution in [0.2, 0.25) is 0 Å². The molecule has 0 bridgehead atoms. The highest BCUT2D eigenvalue weighted by molar-refractivity contribution is 7.88. The van der Waals surface area contributed by atoms with E-state index in [-0.39, 0.29) is 17.4 Å². The Hall–Kier alpha value is -1.70. The smallest absolute Gasteiger partial charge is 0.211 e. The van der Waals surface area contributed by atoms with E-state index in [1.165, 1.54) is 21.7 Å². The molecule has 2 aromatic rings. The average Bonchev–Trinajstić information content (AvgIpc) is 3.20. The number of aromatic nitrogens is 2. The lowest BCUT2D eigenvalue weighted by Crippen LogP contribution is -2.59. The standard InChI is InChI=1S/C19H23N3O3S/c1-26(24,25)21-8-6-19(7-9-21)10-15(18(19)23)17-14-5-3-2-4-13(14)16-11-20-12-22(16)17/h2-5,11-12,15,17-18,23H,6-10H2,1H3/t15-,17-,18+/m0/s1. The van der Waals surface area contributed by atoms with Gasteiger partial charge in [-0.1, -0.05) is 24.3 Å². The molecule has 3 aliphatic rings. The number of benzene rings is 1. The molecule has 1 saturated heterocycles. The van der Waals surface area contributed by atoms with E-state index >= 15 is 0 Å². The van der Waals surface area contributed by atoms with Crippen molar-refractivity contribution >= 4 is 10.0 Å². The summed E-state index contributed by atoms with van der Waals surface area (Å²) in [5.41, 5.74) is 3.45. The Balaban J connectivity index is 1.40. The molecule has 1 N–H and O–H groups in total. The second-order valence-corrected chi connectivity index (χ2v) is 10.0. The molecule has 5 rings (SSSR count). The lowest BCUT2D eigenvalue weighted by Gasteiger charge is -2.57. The lowest BCUT2D eigenvalue weighted by atomic mass is 9.53. The number of aliphatic hydroxyl groups excluding tert-OH is 1. The first-order valence-corrected chi connectivity index (χ1v) is 11.0. The highest BCUT2D eigenvalue weighted by Gasteiger charge is 2.58. The zero-order valence-corrected chi connectivity index (χ0v) is 15.6. The normalized spacial score (nSPS) is 30.0. The molecule has 1 saturated carbocycles. The van der Waals surface area contributed by atoms with Gasteiger partial charge >= 0.3 is 0 Å². The molecule has 0 unspecified atom stereocenters. The van der Waals surface area contributed by atoms with E-state index in [1.807, 2.05) is 18.6 Å². The van der Waals surface area contributed by atoms with Gasteiger partial charge in [-0.05, 0) is 30.2 Å². The third-order valence-electron chi connectivity index (χ3n) is 6.79. The molecule has 6 nitrogen and oxygen atoms in total. The van der Waals surface area contributed by atoms with E-state index in [2.05, 4.69) is 27.8 Å². The van der Waals surface area contributed by atoms with Crippen LogP contribution in [0.5, 0.6) is 0 Å². The summed E-state index contributed by atoms with van der Waals surface area (Å²) < 4.78 is 27.2. The molecule has 2 aliphatic heterocycles. The van der Waals surface area contributed by atoms with Crippen LogP contribution in [0.25, 0.3) is 11.3 Å². The van der Waals surface area contributed by atoms with Gasteiger partial charge in [0, 0.05) is 24.6 Å². The number of hydrogen-bond donors (Lipinski definition) is 1. The number of nitrogens with zero attached hydrogens (tertiary/aromatic N) is 3. The third kappa shape index (κ3) is 2.17. The number of piperidine rings is 1. The Kier molecular flexibility index (Phi) is 3.42. The van der Waals surface area contributed by atoms with Crippen molar-refractivity contribution in [3.63, 3.8) is 0 Å². The largest absolute Gasteiger partial charge is 0.392 e. The summed E-state index contributed by atoms with van der Waals surface area (Å²) in [4.78, 5) is 4.31. The van der Waals surface area contributed by atoms with Crippen LogP contribution in [-0.4, -0.2) is 52.8 Å². The maximum atomic E-state index is 11.8. The SMILES string of the molecule is CS(=O)(=O)N1CCC2(CC1)C[C@@H]([C@@H]1c3ccccc3-c3cncn31)[C@H]2O. The minimum Gasteiger partial charge on any atom is -0.392 e. The Labute approximate surface area is 153 Å². The molecule has 138 valence electrons. The van der Waals surface area contributed by atoms with E-state index in [9.17, 15) is 13.5 Å². The topological polar surface area (TPSA) is 75.4 Å². The summed E-state index contributed by atoms with van der Waals surface area (Å²) in [5.74, 6) is 0.149. The molecule has 7 heteroatoms. The van der Waals surface area contributed by atoms with Gasteiger partial charge in [0.25, 0.3) is 0 Å². The Morgan fingerprint density at radius 1 is 1.23 bits per heavy atom. The summed E-state index contributed by atoms with van der Waals surface area (Å²) in [5, 5.41) is 11.1. The monoisotopic (exact) mass is 373 g/mol. The van der Waals surface area contributed by atoms with Crippen molar-refractivity contribution in [2.75, 3.05) is 19.3 Å². The van der Waals surface area contributed by atoms with Gasteiger partial charge in [0.2, 0.25) is 10.0 Å². The minimum atomic E-state index is -3.14. The first-order chi connectivity index (χ1) is 12.4. The summed E-state index contributed by atoms with van der Waals surface area (Å²) in [6, 6.07) is 8.48. The average molecular weight is 373 g/mol. The molecule has 3 atom stereocenters. The van der Waals surface area contributed by atoms with Crippen LogP contribution >= 0.6 is 0 Å². The predicted octanol–water partition coefficient (Wildman–Crippen LogP) is 1.88. The van der Waals surface area contributed by atoms with Crippen LogP contribution in [0.4, 0.5) is 0 Å². The molecule has 0 radical (unpaired) electrons. The molecular weight excluding hydrogens is 350 g/mol. The van der Waals surface area contributed by atoms with Gasteiger partial charge in [-0.2, -0.15) is 0 Å². The number of rotatable bonds is 2. The third-order valence-corrected chi connectivity index (χ3v) is 8.09. The van der Waals surface area contributed by atoms with Gasteiger partial charge in [0.1, 0.15) is 0 Å². The van der Waals surface area contributed by atoms with E-state index in [1.54, 1.807) is 0 Å². The Bertz CT molecular complexity index is 960. The Morgan fingerprint density at radius 3 is 2.65 bits per heavy atom. The molecule has 1 aromatic carbocycles. The van der Waals surface area contributed by atoms with E-state index in [4.69, 9.17) is 0 Å². The molecule has 1 aromatic heterocycles. The van der Waals surface area contributed by atoms with Crippen LogP contribution in [0.15, 0.2) is 36.8 Å². The number of fused-ring (bicyclic) bond motifs is 3. The van der Waals surface area contributed by atoms with Crippen molar-refractivity contribution in [3.8, 4) is 11.3 Å². The summed E-state index contributed by atoms with van der Waals surface area (Å²) in [7, 11) is -3.14. The fourth-order valence-corrected chi connectivity index (χ4v) is 6.20. The number of aliphatic hydroxyl groups is 1. The fraction of sp³-hybridized carbons (Fsp3) is 0.526. The van der Waals surface area contributed by atoms with Crippen LogP contribution in [0.3, 0.4) is 0 Å². The van der Waals surface area contributed by atoms with Crippen LogP contribution in [0.1, 0.15) is 30.9 Å². The number of sulfonamides is 1. The molecule has 26 heavy (non-hydrogen) atoms. The van der Waals surface area contributed by atoms with Crippen molar-refractivity contribution in [1.29, 1.82) is 0 Å². The molecule has 2 fully saturated rings. The predicted molar refractivity (Wildman–Crippen MR) is 98.0 cm³/mol. The van der Waals surface area contributed by atoms with Gasteiger partial charge in [-0.25, -0.2) is 17.7 Å². The number of imidazole rings is 1. The van der Waals surface area contributed by atoms with Crippen LogP contribution in [-0.2, 0) is 10.0 Å². The van der Waals surface area contributed by atoms with Crippen molar-refractivity contribution in [3.05, 3.63) is 42.4 Å².